The second-order valence-corrected chi connectivity index (χ2v) is 4.29. The molecule has 0 aliphatic heterocycles. The van der Waals surface area contributed by atoms with Gasteiger partial charge < -0.3 is 9.47 Å². The zero-order valence-electron chi connectivity index (χ0n) is 9.44. The highest BCUT2D eigenvalue weighted by atomic mass is 79.9. The number of carbonyl (C=O) groups is 1. The van der Waals surface area contributed by atoms with Crippen LogP contribution in [0.1, 0.15) is 0 Å². The van der Waals surface area contributed by atoms with Gasteiger partial charge in [-0.05, 0) is 34.1 Å². The van der Waals surface area contributed by atoms with Gasteiger partial charge in [0.25, 0.3) is 0 Å². The molecule has 0 atom stereocenters. The van der Waals surface area contributed by atoms with Gasteiger partial charge in [-0.2, -0.15) is 4.79 Å². The van der Waals surface area contributed by atoms with E-state index in [9.17, 15) is 4.79 Å². The Morgan fingerprint density at radius 2 is 2.06 bits per heavy atom. The topological polar surface area (TPSA) is 39.4 Å². The lowest BCUT2D eigenvalue weighted by Gasteiger charge is -2.02. The predicted molar refractivity (Wildman–Crippen MR) is 66.2 cm³/mol. The molecule has 0 spiro atoms. The van der Waals surface area contributed by atoms with Crippen LogP contribution in [0.25, 0.3) is 10.8 Å². The van der Waals surface area contributed by atoms with Crippen molar-refractivity contribution in [3.05, 3.63) is 35.1 Å². The molecule has 2 aromatic rings. The molecular formula is C12H11BrNO3+. The molecule has 0 saturated carbocycles. The predicted octanol–water partition coefficient (Wildman–Crippen LogP) is 2.51. The Morgan fingerprint density at radius 1 is 1.29 bits per heavy atom. The van der Waals surface area contributed by atoms with Crippen molar-refractivity contribution in [3.8, 4) is 5.75 Å². The average Bonchev–Trinajstić information content (AvgIpc) is 2.36. The van der Waals surface area contributed by atoms with E-state index >= 15 is 0 Å². The molecule has 0 bridgehead atoms. The summed E-state index contributed by atoms with van der Waals surface area (Å²) in [6.07, 6.45) is 2.94. The SMILES string of the molecule is COC(=O)[n+]1cc(Br)c2ccc(OC)cc2c1. The molecule has 0 fully saturated rings. The van der Waals surface area contributed by atoms with Gasteiger partial charge in [-0.3, -0.25) is 0 Å². The van der Waals surface area contributed by atoms with E-state index in [1.165, 1.54) is 11.7 Å². The lowest BCUT2D eigenvalue weighted by atomic mass is 10.2. The van der Waals surface area contributed by atoms with Crippen molar-refractivity contribution in [2.75, 3.05) is 14.2 Å². The number of methoxy groups -OCH3 is 2. The van der Waals surface area contributed by atoms with E-state index in [-0.39, 0.29) is 0 Å². The van der Waals surface area contributed by atoms with Gasteiger partial charge in [0.2, 0.25) is 0 Å². The van der Waals surface area contributed by atoms with Crippen molar-refractivity contribution < 1.29 is 18.8 Å². The van der Waals surface area contributed by atoms with E-state index in [0.29, 0.717) is 0 Å². The van der Waals surface area contributed by atoms with Crippen LogP contribution in [-0.4, -0.2) is 20.3 Å². The van der Waals surface area contributed by atoms with Crippen LogP contribution >= 0.6 is 15.9 Å². The zero-order valence-corrected chi connectivity index (χ0v) is 11.0. The molecule has 1 aromatic heterocycles. The number of pyridine rings is 1. The highest BCUT2D eigenvalue weighted by Gasteiger charge is 2.17. The number of hydrogen-bond acceptors (Lipinski definition) is 3. The van der Waals surface area contributed by atoms with Gasteiger partial charge >= 0.3 is 6.09 Å². The second-order valence-electron chi connectivity index (χ2n) is 3.44. The third-order valence-corrected chi connectivity index (χ3v) is 3.06. The van der Waals surface area contributed by atoms with Crippen LogP contribution in [0.3, 0.4) is 0 Å². The Bertz CT molecular complexity index is 583. The van der Waals surface area contributed by atoms with Crippen LogP contribution in [0.2, 0.25) is 0 Å². The molecule has 5 heteroatoms. The molecule has 0 N–H and O–H groups in total. The number of nitrogens with zero attached hydrogens (tertiary/aromatic N) is 1. The molecular weight excluding hydrogens is 286 g/mol. The van der Waals surface area contributed by atoms with E-state index in [0.717, 1.165) is 21.0 Å². The highest BCUT2D eigenvalue weighted by Crippen LogP contribution is 2.25. The molecule has 4 nitrogen and oxygen atoms in total. The summed E-state index contributed by atoms with van der Waals surface area (Å²) in [7, 11) is 2.95. The molecule has 0 aliphatic rings. The van der Waals surface area contributed by atoms with Crippen LogP contribution in [0.4, 0.5) is 4.79 Å². The summed E-state index contributed by atoms with van der Waals surface area (Å²) in [4.78, 5) is 11.5. The van der Waals surface area contributed by atoms with Gasteiger partial charge in [0.15, 0.2) is 12.4 Å². The Morgan fingerprint density at radius 3 is 2.71 bits per heavy atom. The van der Waals surface area contributed by atoms with Gasteiger partial charge in [-0.15, -0.1) is 0 Å². The van der Waals surface area contributed by atoms with Crippen LogP contribution in [0, 0.1) is 0 Å². The normalized spacial score (nSPS) is 10.3. The quantitative estimate of drug-likeness (QED) is 0.759. The molecule has 0 unspecified atom stereocenters. The fraction of sp³-hybridized carbons (Fsp3) is 0.167. The molecule has 17 heavy (non-hydrogen) atoms. The van der Waals surface area contributed by atoms with Gasteiger partial charge in [-0.1, -0.05) is 4.57 Å². The molecule has 1 heterocycles. The number of carbonyl (C=O) groups excluding carboxylic acids is 1. The number of rotatable bonds is 1. The molecule has 0 radical (unpaired) electrons. The number of ether oxygens (including phenoxy) is 2. The second kappa shape index (κ2) is 4.71. The summed E-state index contributed by atoms with van der Waals surface area (Å²) >= 11 is 3.42. The minimum absolute atomic E-state index is 0.435. The maximum absolute atomic E-state index is 11.5. The Hall–Kier alpha value is -1.62. The van der Waals surface area contributed by atoms with Crippen LogP contribution in [-0.2, 0) is 4.74 Å². The number of halogens is 1. The van der Waals surface area contributed by atoms with E-state index in [4.69, 9.17) is 4.74 Å². The average molecular weight is 297 g/mol. The summed E-state index contributed by atoms with van der Waals surface area (Å²) in [6, 6.07) is 5.66. The molecule has 2 rings (SSSR count). The Kier molecular flexibility index (Phi) is 3.28. The van der Waals surface area contributed by atoms with E-state index < -0.39 is 6.09 Å². The first-order valence-corrected chi connectivity index (χ1v) is 5.72. The van der Waals surface area contributed by atoms with Gasteiger partial charge in [0.1, 0.15) is 5.75 Å². The largest absolute Gasteiger partial charge is 0.601 e. The summed E-state index contributed by atoms with van der Waals surface area (Å²) in [5, 5.41) is 1.90. The number of hydrogen-bond donors (Lipinski definition) is 0. The first-order valence-electron chi connectivity index (χ1n) is 4.92. The van der Waals surface area contributed by atoms with Crippen molar-refractivity contribution in [2.45, 2.75) is 0 Å². The summed E-state index contributed by atoms with van der Waals surface area (Å²) in [5.41, 5.74) is 0. The van der Waals surface area contributed by atoms with Crippen LogP contribution in [0.15, 0.2) is 35.1 Å². The number of benzene rings is 1. The minimum atomic E-state index is -0.435. The zero-order chi connectivity index (χ0) is 12.4. The molecule has 1 aromatic carbocycles. The summed E-state index contributed by atoms with van der Waals surface area (Å²) in [5.74, 6) is 0.743. The van der Waals surface area contributed by atoms with E-state index in [1.807, 2.05) is 18.2 Å². The van der Waals surface area contributed by atoms with Crippen molar-refractivity contribution in [1.82, 2.24) is 0 Å². The van der Waals surface area contributed by atoms with E-state index in [2.05, 4.69) is 20.7 Å². The van der Waals surface area contributed by atoms with Gasteiger partial charge in [-0.25, -0.2) is 0 Å². The number of fused-ring (bicyclic) bond motifs is 1. The minimum Gasteiger partial charge on any atom is -0.497 e. The van der Waals surface area contributed by atoms with Gasteiger partial charge in [0, 0.05) is 5.39 Å². The Balaban J connectivity index is 2.65. The van der Waals surface area contributed by atoms with Crippen LogP contribution in [0.5, 0.6) is 5.75 Å². The Labute approximate surface area is 107 Å². The van der Waals surface area contributed by atoms with Crippen molar-refractivity contribution in [2.24, 2.45) is 0 Å². The lowest BCUT2D eigenvalue weighted by molar-refractivity contribution is -0.584. The standard InChI is InChI=1S/C12H11BrNO3/c1-16-9-3-4-10-8(5-9)6-14(7-11(10)13)12(15)17-2/h3-7H,1-2H3/q+1. The monoisotopic (exact) mass is 296 g/mol. The maximum atomic E-state index is 11.5. The third kappa shape index (κ3) is 2.24. The number of aromatic nitrogens is 1. The summed E-state index contributed by atoms with van der Waals surface area (Å²) < 4.78 is 12.0. The lowest BCUT2D eigenvalue weighted by Crippen LogP contribution is -2.42. The molecule has 0 saturated heterocycles. The van der Waals surface area contributed by atoms with Crippen molar-refractivity contribution >= 4 is 32.8 Å². The summed E-state index contributed by atoms with van der Waals surface area (Å²) in [6.45, 7) is 0. The van der Waals surface area contributed by atoms with Crippen molar-refractivity contribution in [3.63, 3.8) is 0 Å². The van der Waals surface area contributed by atoms with Gasteiger partial charge in [0.05, 0.1) is 24.1 Å². The van der Waals surface area contributed by atoms with E-state index in [1.54, 1.807) is 19.5 Å². The third-order valence-electron chi connectivity index (χ3n) is 2.43. The first-order chi connectivity index (χ1) is 8.15. The molecule has 0 amide bonds. The highest BCUT2D eigenvalue weighted by molar-refractivity contribution is 9.10. The first kappa shape index (κ1) is 11.9. The molecule has 0 aliphatic carbocycles. The van der Waals surface area contributed by atoms with Crippen molar-refractivity contribution in [1.29, 1.82) is 0 Å². The maximum Gasteiger partial charge on any atom is 0.601 e. The fourth-order valence-corrected chi connectivity index (χ4v) is 2.16. The smallest absolute Gasteiger partial charge is 0.497 e. The fourth-order valence-electron chi connectivity index (χ4n) is 1.58. The van der Waals surface area contributed by atoms with Crippen LogP contribution < -0.4 is 9.30 Å². The molecule has 88 valence electrons.